The lowest BCUT2D eigenvalue weighted by Crippen LogP contribution is -2.01. The van der Waals surface area contributed by atoms with Gasteiger partial charge in [0.15, 0.2) is 0 Å². The van der Waals surface area contributed by atoms with E-state index in [4.69, 9.17) is 5.73 Å². The van der Waals surface area contributed by atoms with Crippen molar-refractivity contribution >= 4 is 5.82 Å². The van der Waals surface area contributed by atoms with Crippen LogP contribution in [0.25, 0.3) is 5.69 Å². The smallest absolute Gasteiger partial charge is 0.127 e. The quantitative estimate of drug-likeness (QED) is 0.833. The Bertz CT molecular complexity index is 501. The number of benzene rings is 1. The maximum atomic E-state index is 5.98. The number of nitrogen functional groups attached to an aromatic ring is 1. The second-order valence-electron chi connectivity index (χ2n) is 4.56. The monoisotopic (exact) mass is 213 g/mol. The number of nitrogens with zero attached hydrogens (tertiary/aromatic N) is 2. The predicted octanol–water partition coefficient (Wildman–Crippen LogP) is 2.58. The lowest BCUT2D eigenvalue weighted by molar-refractivity contribution is 0.816. The molecule has 0 saturated heterocycles. The van der Waals surface area contributed by atoms with Crippen LogP contribution in [0.1, 0.15) is 25.0 Å². The Kier molecular flexibility index (Phi) is 1.99. The van der Waals surface area contributed by atoms with Gasteiger partial charge in [0, 0.05) is 12.0 Å². The van der Waals surface area contributed by atoms with Crippen molar-refractivity contribution in [3.8, 4) is 5.69 Å². The zero-order valence-corrected chi connectivity index (χ0v) is 9.30. The molecule has 1 aromatic heterocycles. The second-order valence-corrected chi connectivity index (χ2v) is 4.56. The molecule has 3 rings (SSSR count). The van der Waals surface area contributed by atoms with E-state index in [1.807, 2.05) is 41.1 Å². The highest BCUT2D eigenvalue weighted by Crippen LogP contribution is 2.46. The van der Waals surface area contributed by atoms with E-state index < -0.39 is 0 Å². The molecule has 1 aliphatic carbocycles. The van der Waals surface area contributed by atoms with E-state index in [1.54, 1.807) is 0 Å². The highest BCUT2D eigenvalue weighted by molar-refractivity contribution is 5.44. The number of para-hydroxylation sites is 1. The van der Waals surface area contributed by atoms with Gasteiger partial charge < -0.3 is 5.73 Å². The summed E-state index contributed by atoms with van der Waals surface area (Å²) in [5, 5.41) is 4.58. The Morgan fingerprint density at radius 3 is 2.62 bits per heavy atom. The van der Waals surface area contributed by atoms with Crippen LogP contribution in [-0.4, -0.2) is 9.78 Å². The van der Waals surface area contributed by atoms with E-state index in [2.05, 4.69) is 12.0 Å². The first kappa shape index (κ1) is 9.46. The van der Waals surface area contributed by atoms with Gasteiger partial charge in [0.2, 0.25) is 0 Å². The van der Waals surface area contributed by atoms with Crippen molar-refractivity contribution in [2.45, 2.75) is 19.3 Å². The van der Waals surface area contributed by atoms with Gasteiger partial charge in [-0.05, 0) is 24.5 Å². The molecular formula is C13H15N3. The van der Waals surface area contributed by atoms with Gasteiger partial charge in [0.05, 0.1) is 11.4 Å². The Morgan fingerprint density at radius 2 is 2.00 bits per heavy atom. The van der Waals surface area contributed by atoms with E-state index in [0.717, 1.165) is 23.1 Å². The van der Waals surface area contributed by atoms with Crippen molar-refractivity contribution in [1.82, 2.24) is 9.78 Å². The summed E-state index contributed by atoms with van der Waals surface area (Å²) in [5.74, 6) is 2.10. The summed E-state index contributed by atoms with van der Waals surface area (Å²) in [7, 11) is 0. The van der Waals surface area contributed by atoms with E-state index in [1.165, 1.54) is 6.42 Å². The number of rotatable bonds is 2. The Balaban J connectivity index is 1.99. The third-order valence-corrected chi connectivity index (χ3v) is 3.25. The van der Waals surface area contributed by atoms with Crippen LogP contribution >= 0.6 is 0 Å². The molecule has 3 heteroatoms. The zero-order valence-electron chi connectivity index (χ0n) is 9.30. The molecule has 2 atom stereocenters. The largest absolute Gasteiger partial charge is 0.384 e. The summed E-state index contributed by atoms with van der Waals surface area (Å²) in [5.41, 5.74) is 8.15. The minimum absolute atomic E-state index is 0.618. The number of anilines is 1. The third-order valence-electron chi connectivity index (χ3n) is 3.25. The van der Waals surface area contributed by atoms with Crippen molar-refractivity contribution in [2.75, 3.05) is 5.73 Å². The molecule has 1 heterocycles. The fourth-order valence-electron chi connectivity index (χ4n) is 2.11. The normalized spacial score (nSPS) is 23.3. The molecule has 1 aromatic carbocycles. The average molecular weight is 213 g/mol. The van der Waals surface area contributed by atoms with Crippen molar-refractivity contribution < 1.29 is 0 Å². The van der Waals surface area contributed by atoms with Gasteiger partial charge in [-0.15, -0.1) is 0 Å². The second kappa shape index (κ2) is 3.37. The van der Waals surface area contributed by atoms with Gasteiger partial charge in [-0.3, -0.25) is 0 Å². The molecule has 3 nitrogen and oxygen atoms in total. The molecule has 2 N–H and O–H groups in total. The number of aromatic nitrogens is 2. The first-order valence-corrected chi connectivity index (χ1v) is 5.66. The van der Waals surface area contributed by atoms with E-state index in [-0.39, 0.29) is 0 Å². The van der Waals surface area contributed by atoms with Crippen molar-refractivity contribution in [3.63, 3.8) is 0 Å². The van der Waals surface area contributed by atoms with Crippen LogP contribution in [0.3, 0.4) is 0 Å². The molecule has 0 bridgehead atoms. The topological polar surface area (TPSA) is 43.8 Å². The molecule has 16 heavy (non-hydrogen) atoms. The Labute approximate surface area is 94.9 Å². The van der Waals surface area contributed by atoms with Crippen LogP contribution in [0.2, 0.25) is 0 Å². The first-order chi connectivity index (χ1) is 7.75. The standard InChI is InChI=1S/C13H15N3/c1-9-7-11(9)12-8-13(14)16(15-12)10-5-3-2-4-6-10/h2-6,8-9,11H,7,14H2,1H3/t9-,11-/m0/s1. The maximum absolute atomic E-state index is 5.98. The van der Waals surface area contributed by atoms with Crippen LogP contribution in [0, 0.1) is 5.92 Å². The van der Waals surface area contributed by atoms with Crippen LogP contribution in [-0.2, 0) is 0 Å². The number of hydrogen-bond donors (Lipinski definition) is 1. The molecule has 1 fully saturated rings. The van der Waals surface area contributed by atoms with E-state index >= 15 is 0 Å². The van der Waals surface area contributed by atoms with Gasteiger partial charge in [0.1, 0.15) is 5.82 Å². The SMILES string of the molecule is C[C@H]1C[C@@H]1c1cc(N)n(-c2ccccc2)n1. The lowest BCUT2D eigenvalue weighted by Gasteiger charge is -2.02. The molecule has 0 spiro atoms. The molecule has 0 aliphatic heterocycles. The Hall–Kier alpha value is -1.77. The van der Waals surface area contributed by atoms with Gasteiger partial charge in [-0.1, -0.05) is 25.1 Å². The fourth-order valence-corrected chi connectivity index (χ4v) is 2.11. The number of nitrogens with two attached hydrogens (primary N) is 1. The highest BCUT2D eigenvalue weighted by Gasteiger charge is 2.36. The summed E-state index contributed by atoms with van der Waals surface area (Å²) in [4.78, 5) is 0. The molecule has 0 amide bonds. The summed E-state index contributed by atoms with van der Waals surface area (Å²) in [6, 6.07) is 12.0. The van der Waals surface area contributed by atoms with Crippen molar-refractivity contribution in [2.24, 2.45) is 5.92 Å². The molecule has 82 valence electrons. The maximum Gasteiger partial charge on any atom is 0.127 e. The van der Waals surface area contributed by atoms with Crippen LogP contribution in [0.5, 0.6) is 0 Å². The summed E-state index contributed by atoms with van der Waals surface area (Å²) in [6.45, 7) is 2.25. The van der Waals surface area contributed by atoms with Crippen molar-refractivity contribution in [3.05, 3.63) is 42.1 Å². The zero-order chi connectivity index (χ0) is 11.1. The molecule has 0 unspecified atom stereocenters. The summed E-state index contributed by atoms with van der Waals surface area (Å²) >= 11 is 0. The van der Waals surface area contributed by atoms with Crippen LogP contribution < -0.4 is 5.73 Å². The van der Waals surface area contributed by atoms with Gasteiger partial charge in [0.25, 0.3) is 0 Å². The minimum atomic E-state index is 0.618. The third kappa shape index (κ3) is 1.48. The molecule has 0 radical (unpaired) electrons. The van der Waals surface area contributed by atoms with Gasteiger partial charge >= 0.3 is 0 Å². The van der Waals surface area contributed by atoms with Gasteiger partial charge in [-0.2, -0.15) is 5.10 Å². The fraction of sp³-hybridized carbons (Fsp3) is 0.308. The molecule has 2 aromatic rings. The minimum Gasteiger partial charge on any atom is -0.384 e. The average Bonchev–Trinajstić information content (AvgIpc) is 2.89. The summed E-state index contributed by atoms with van der Waals surface area (Å²) < 4.78 is 1.82. The Morgan fingerprint density at radius 1 is 1.31 bits per heavy atom. The van der Waals surface area contributed by atoms with E-state index in [0.29, 0.717) is 5.92 Å². The number of hydrogen-bond acceptors (Lipinski definition) is 2. The van der Waals surface area contributed by atoms with Crippen molar-refractivity contribution in [1.29, 1.82) is 0 Å². The first-order valence-electron chi connectivity index (χ1n) is 5.66. The predicted molar refractivity (Wildman–Crippen MR) is 64.5 cm³/mol. The molecular weight excluding hydrogens is 198 g/mol. The lowest BCUT2D eigenvalue weighted by atomic mass is 10.2. The molecule has 1 saturated carbocycles. The highest BCUT2D eigenvalue weighted by atomic mass is 15.3. The van der Waals surface area contributed by atoms with E-state index in [9.17, 15) is 0 Å². The molecule has 1 aliphatic rings. The van der Waals surface area contributed by atoms with Gasteiger partial charge in [-0.25, -0.2) is 4.68 Å². The van der Waals surface area contributed by atoms with Crippen LogP contribution in [0.4, 0.5) is 5.82 Å². The summed E-state index contributed by atoms with van der Waals surface area (Å²) in [6.07, 6.45) is 1.24. The van der Waals surface area contributed by atoms with Crippen LogP contribution in [0.15, 0.2) is 36.4 Å².